The molecule has 1 atom stereocenters. The summed E-state index contributed by atoms with van der Waals surface area (Å²) in [6.07, 6.45) is 9.59. The summed E-state index contributed by atoms with van der Waals surface area (Å²) >= 11 is 0. The molecule has 1 nitrogen and oxygen atoms in total. The first-order valence-corrected chi connectivity index (χ1v) is 5.75. The molecule has 13 heavy (non-hydrogen) atoms. The lowest BCUT2D eigenvalue weighted by atomic mass is 9.98. The molecule has 0 aromatic rings. The van der Waals surface area contributed by atoms with Gasteiger partial charge in [0.1, 0.15) is 0 Å². The maximum atomic E-state index is 8.59. The summed E-state index contributed by atoms with van der Waals surface area (Å²) in [5.74, 6) is 0.637. The van der Waals surface area contributed by atoms with Crippen molar-refractivity contribution < 1.29 is 6.48 Å². The van der Waals surface area contributed by atoms with E-state index in [4.69, 9.17) is 6.48 Å². The largest absolute Gasteiger partial charge is 0.396 e. The molecule has 0 saturated heterocycles. The predicted octanol–water partition coefficient (Wildman–Crippen LogP) is 3.76. The molecule has 1 N–H and O–H groups in total. The Bertz CT molecular complexity index is 106. The number of hydrogen-bond donors (Lipinski definition) is 1. The second-order valence-corrected chi connectivity index (χ2v) is 3.93. The van der Waals surface area contributed by atoms with Crippen LogP contribution in [0.3, 0.4) is 0 Å². The SMILES string of the molecule is [2H]CC(CCC)CCCCCCCO. The first kappa shape index (κ1) is 11.0. The quantitative estimate of drug-likeness (QED) is 0.545. The second kappa shape index (κ2) is 10.0. The first-order chi connectivity index (χ1) is 6.85. The second-order valence-electron chi connectivity index (χ2n) is 3.93. The third-order valence-corrected chi connectivity index (χ3v) is 2.47. The maximum absolute atomic E-state index is 8.59. The van der Waals surface area contributed by atoms with Crippen molar-refractivity contribution in [1.82, 2.24) is 0 Å². The van der Waals surface area contributed by atoms with E-state index in [2.05, 4.69) is 6.92 Å². The molecule has 0 heterocycles. The summed E-state index contributed by atoms with van der Waals surface area (Å²) < 4.78 is 7.38. The van der Waals surface area contributed by atoms with Crippen LogP contribution in [0.25, 0.3) is 0 Å². The Morgan fingerprint density at radius 2 is 1.77 bits per heavy atom. The zero-order chi connectivity index (χ0) is 10.6. The van der Waals surface area contributed by atoms with Gasteiger partial charge in [-0.3, -0.25) is 0 Å². The van der Waals surface area contributed by atoms with Crippen molar-refractivity contribution in [3.63, 3.8) is 0 Å². The van der Waals surface area contributed by atoms with Crippen LogP contribution in [0.15, 0.2) is 0 Å². The predicted molar refractivity (Wildman–Crippen MR) is 58.9 cm³/mol. The van der Waals surface area contributed by atoms with Crippen molar-refractivity contribution in [3.8, 4) is 0 Å². The van der Waals surface area contributed by atoms with Crippen LogP contribution < -0.4 is 0 Å². The van der Waals surface area contributed by atoms with Gasteiger partial charge in [-0.15, -0.1) is 0 Å². The Kier molecular flexibility index (Phi) is 8.53. The first-order valence-electron chi connectivity index (χ1n) is 6.46. The molecule has 80 valence electrons. The molecule has 0 rings (SSSR count). The van der Waals surface area contributed by atoms with Gasteiger partial charge in [-0.2, -0.15) is 0 Å². The summed E-state index contributed by atoms with van der Waals surface area (Å²) in [6.45, 7) is 3.14. The number of hydrogen-bond acceptors (Lipinski definition) is 1. The third-order valence-electron chi connectivity index (χ3n) is 2.47. The normalized spacial score (nSPS) is 14.2. The van der Waals surface area contributed by atoms with Crippen molar-refractivity contribution in [2.24, 2.45) is 5.92 Å². The lowest BCUT2D eigenvalue weighted by Crippen LogP contribution is -1.93. The van der Waals surface area contributed by atoms with E-state index in [-0.39, 0.29) is 0 Å². The molecule has 0 aliphatic carbocycles. The molecule has 0 radical (unpaired) electrons. The molecule has 0 amide bonds. The van der Waals surface area contributed by atoms with Crippen LogP contribution in [0, 0.1) is 5.92 Å². The van der Waals surface area contributed by atoms with E-state index in [1.165, 1.54) is 38.5 Å². The number of rotatable bonds is 9. The Hall–Kier alpha value is -0.0400. The van der Waals surface area contributed by atoms with Gasteiger partial charge in [0.15, 0.2) is 0 Å². The summed E-state index contributed by atoms with van der Waals surface area (Å²) in [5, 5.41) is 8.59. The van der Waals surface area contributed by atoms with Crippen molar-refractivity contribution in [2.75, 3.05) is 6.61 Å². The average molecular weight is 187 g/mol. The highest BCUT2D eigenvalue weighted by molar-refractivity contribution is 4.53. The van der Waals surface area contributed by atoms with Gasteiger partial charge in [0.25, 0.3) is 0 Å². The van der Waals surface area contributed by atoms with Crippen LogP contribution >= 0.6 is 0 Å². The van der Waals surface area contributed by atoms with Crippen LogP contribution in [-0.4, -0.2) is 11.7 Å². The van der Waals surface area contributed by atoms with E-state index >= 15 is 0 Å². The van der Waals surface area contributed by atoms with E-state index < -0.39 is 0 Å². The standard InChI is InChI=1S/C12H26O/c1-3-9-12(2)10-7-5-4-6-8-11-13/h12-13H,3-11H2,1-2H3/i2D. The molecule has 0 aliphatic heterocycles. The summed E-state index contributed by atoms with van der Waals surface area (Å²) in [6, 6.07) is 0. The zero-order valence-electron chi connectivity index (χ0n) is 10.1. The molecule has 0 spiro atoms. The number of unbranched alkanes of at least 4 members (excludes halogenated alkanes) is 4. The molecule has 0 aliphatic rings. The minimum Gasteiger partial charge on any atom is -0.396 e. The van der Waals surface area contributed by atoms with Crippen LogP contribution in [0.1, 0.15) is 66.6 Å². The molecule has 0 aromatic carbocycles. The van der Waals surface area contributed by atoms with E-state index in [1.54, 1.807) is 0 Å². The average Bonchev–Trinajstić information content (AvgIpc) is 2.21. The highest BCUT2D eigenvalue weighted by atomic mass is 16.2. The molecular weight excluding hydrogens is 160 g/mol. The smallest absolute Gasteiger partial charge is 0.0431 e. The van der Waals surface area contributed by atoms with Crippen molar-refractivity contribution in [3.05, 3.63) is 0 Å². The molecule has 0 fully saturated rings. The van der Waals surface area contributed by atoms with Crippen molar-refractivity contribution in [1.29, 1.82) is 0 Å². The topological polar surface area (TPSA) is 20.2 Å². The van der Waals surface area contributed by atoms with Crippen LogP contribution in [-0.2, 0) is 0 Å². The third kappa shape index (κ3) is 9.88. The Labute approximate surface area is 85.0 Å². The van der Waals surface area contributed by atoms with Gasteiger partial charge in [-0.1, -0.05) is 58.8 Å². The molecule has 0 aromatic heterocycles. The maximum Gasteiger partial charge on any atom is 0.0431 e. The van der Waals surface area contributed by atoms with Crippen LogP contribution in [0.4, 0.5) is 0 Å². The lowest BCUT2D eigenvalue weighted by molar-refractivity contribution is 0.282. The van der Waals surface area contributed by atoms with Crippen LogP contribution in [0.2, 0.25) is 0 Å². The molecular formula is C12H26O. The highest BCUT2D eigenvalue weighted by Crippen LogP contribution is 2.15. The van der Waals surface area contributed by atoms with E-state index in [0.29, 0.717) is 19.4 Å². The molecule has 0 bridgehead atoms. The molecule has 1 heteroatoms. The van der Waals surface area contributed by atoms with E-state index in [1.807, 2.05) is 0 Å². The summed E-state index contributed by atoms with van der Waals surface area (Å²) in [7, 11) is 0. The number of aliphatic hydroxyl groups excluding tert-OH is 1. The minimum absolute atomic E-state index is 0.338. The molecule has 0 saturated carbocycles. The zero-order valence-corrected chi connectivity index (χ0v) is 9.10. The Morgan fingerprint density at radius 3 is 2.38 bits per heavy atom. The van der Waals surface area contributed by atoms with Crippen molar-refractivity contribution >= 4 is 0 Å². The van der Waals surface area contributed by atoms with E-state index in [0.717, 1.165) is 12.8 Å². The fraction of sp³-hybridized carbons (Fsp3) is 1.00. The summed E-state index contributed by atoms with van der Waals surface area (Å²) in [5.41, 5.74) is 0. The van der Waals surface area contributed by atoms with Crippen LogP contribution in [0.5, 0.6) is 0 Å². The fourth-order valence-corrected chi connectivity index (χ4v) is 1.63. The molecule has 1 unspecified atom stereocenters. The van der Waals surface area contributed by atoms with Gasteiger partial charge in [-0.05, 0) is 12.3 Å². The Balaban J connectivity index is 3.15. The minimum atomic E-state index is 0.338. The van der Waals surface area contributed by atoms with Crippen molar-refractivity contribution in [2.45, 2.75) is 65.2 Å². The number of aliphatic hydroxyl groups is 1. The Morgan fingerprint density at radius 1 is 1.08 bits per heavy atom. The summed E-state index contributed by atoms with van der Waals surface area (Å²) in [4.78, 5) is 0. The van der Waals surface area contributed by atoms with Gasteiger partial charge in [-0.25, -0.2) is 0 Å². The monoisotopic (exact) mass is 187 g/mol. The van der Waals surface area contributed by atoms with Gasteiger partial charge in [0, 0.05) is 7.98 Å². The van der Waals surface area contributed by atoms with E-state index in [9.17, 15) is 0 Å². The fourth-order valence-electron chi connectivity index (χ4n) is 1.63. The van der Waals surface area contributed by atoms with Gasteiger partial charge < -0.3 is 5.11 Å². The van der Waals surface area contributed by atoms with Gasteiger partial charge in [0.05, 0.1) is 0 Å². The highest BCUT2D eigenvalue weighted by Gasteiger charge is 1.99. The van der Waals surface area contributed by atoms with Gasteiger partial charge in [0.2, 0.25) is 0 Å². The lowest BCUT2D eigenvalue weighted by Gasteiger charge is -2.08. The van der Waals surface area contributed by atoms with Gasteiger partial charge >= 0.3 is 0 Å².